The minimum atomic E-state index is -4.68. The van der Waals surface area contributed by atoms with E-state index in [4.69, 9.17) is 5.73 Å². The number of amides is 2. The van der Waals surface area contributed by atoms with Crippen LogP contribution in [0.25, 0.3) is 16.8 Å². The normalized spacial score (nSPS) is 20.5. The summed E-state index contributed by atoms with van der Waals surface area (Å²) in [5.41, 5.74) is 5.50. The van der Waals surface area contributed by atoms with Crippen LogP contribution in [0, 0.1) is 24.7 Å². The van der Waals surface area contributed by atoms with Crippen molar-refractivity contribution >= 4 is 23.1 Å². The summed E-state index contributed by atoms with van der Waals surface area (Å²) >= 11 is 0. The molecule has 0 bridgehead atoms. The molecule has 9 nitrogen and oxygen atoms in total. The van der Waals surface area contributed by atoms with Gasteiger partial charge in [0.05, 0.1) is 22.5 Å². The Morgan fingerprint density at radius 1 is 1.13 bits per heavy atom. The molecule has 2 atom stereocenters. The van der Waals surface area contributed by atoms with Gasteiger partial charge >= 0.3 is 6.18 Å². The number of aromatic nitrogens is 4. The van der Waals surface area contributed by atoms with Crippen molar-refractivity contribution in [3.63, 3.8) is 0 Å². The van der Waals surface area contributed by atoms with Gasteiger partial charge in [-0.05, 0) is 43.7 Å². The van der Waals surface area contributed by atoms with E-state index in [1.807, 2.05) is 4.90 Å². The van der Waals surface area contributed by atoms with Crippen LogP contribution in [-0.4, -0.2) is 55.9 Å². The van der Waals surface area contributed by atoms with E-state index in [1.165, 1.54) is 18.7 Å². The zero-order valence-electron chi connectivity index (χ0n) is 22.0. The Kier molecular flexibility index (Phi) is 7.21. The summed E-state index contributed by atoms with van der Waals surface area (Å²) in [6.07, 6.45) is 3.10. The van der Waals surface area contributed by atoms with Crippen molar-refractivity contribution in [2.75, 3.05) is 25.4 Å². The number of pyridine rings is 1. The molecule has 3 N–H and O–H groups in total. The Morgan fingerprint density at radius 2 is 1.87 bits per heavy atom. The molecule has 5 rings (SSSR count). The van der Waals surface area contributed by atoms with Crippen LogP contribution in [0.5, 0.6) is 0 Å². The minimum Gasteiger partial charge on any atom is -0.382 e. The Labute approximate surface area is 224 Å². The molecule has 1 aliphatic heterocycles. The van der Waals surface area contributed by atoms with Gasteiger partial charge in [0.15, 0.2) is 5.82 Å². The quantitative estimate of drug-likeness (QED) is 0.500. The number of nitrogens with two attached hydrogens (primary N) is 1. The molecule has 12 heteroatoms. The van der Waals surface area contributed by atoms with E-state index >= 15 is 0 Å². The van der Waals surface area contributed by atoms with E-state index in [-0.39, 0.29) is 57.7 Å². The number of nitrogen functional groups attached to an aromatic ring is 1. The predicted molar refractivity (Wildman–Crippen MR) is 139 cm³/mol. The topological polar surface area (TPSA) is 119 Å². The Bertz CT molecular complexity index is 1400. The highest BCUT2D eigenvalue weighted by Crippen LogP contribution is 2.38. The summed E-state index contributed by atoms with van der Waals surface area (Å²) < 4.78 is 42.3. The summed E-state index contributed by atoms with van der Waals surface area (Å²) in [6.45, 7) is 5.42. The Morgan fingerprint density at radius 3 is 2.59 bits per heavy atom. The molecule has 208 valence electrons. The number of aryl methyl sites for hydroxylation is 1. The highest BCUT2D eigenvalue weighted by Gasteiger charge is 2.37. The second-order valence-electron chi connectivity index (χ2n) is 10.7. The number of carbonyl (C=O) groups excluding carboxylic acids is 2. The molecule has 2 fully saturated rings. The monoisotopic (exact) mass is 543 g/mol. The van der Waals surface area contributed by atoms with Crippen molar-refractivity contribution in [1.82, 2.24) is 29.8 Å². The summed E-state index contributed by atoms with van der Waals surface area (Å²) in [4.78, 5) is 36.1. The number of halogens is 3. The number of hydrogen-bond acceptors (Lipinski definition) is 6. The van der Waals surface area contributed by atoms with Crippen LogP contribution < -0.4 is 11.1 Å². The zero-order chi connectivity index (χ0) is 27.9. The summed E-state index contributed by atoms with van der Waals surface area (Å²) in [5.74, 6) is 0.00741. The summed E-state index contributed by atoms with van der Waals surface area (Å²) in [7, 11) is 0. The number of hydrogen-bond donors (Lipinski definition) is 2. The number of anilines is 1. The van der Waals surface area contributed by atoms with Crippen LogP contribution in [0.15, 0.2) is 24.7 Å². The molecular weight excluding hydrogens is 511 g/mol. The number of rotatable bonds is 5. The lowest BCUT2D eigenvalue weighted by atomic mass is 9.88. The lowest BCUT2D eigenvalue weighted by Gasteiger charge is -2.26. The van der Waals surface area contributed by atoms with E-state index in [0.29, 0.717) is 25.3 Å². The third-order valence-corrected chi connectivity index (χ3v) is 8.07. The van der Waals surface area contributed by atoms with Crippen molar-refractivity contribution in [2.24, 2.45) is 17.8 Å². The number of alkyl halides is 3. The molecule has 3 aromatic heterocycles. The van der Waals surface area contributed by atoms with Crippen LogP contribution in [0.3, 0.4) is 0 Å². The van der Waals surface area contributed by atoms with Crippen LogP contribution in [-0.2, 0) is 11.0 Å². The van der Waals surface area contributed by atoms with E-state index < -0.39 is 11.7 Å². The molecule has 4 heterocycles. The molecule has 0 spiro atoms. The average Bonchev–Trinajstić information content (AvgIpc) is 3.49. The summed E-state index contributed by atoms with van der Waals surface area (Å²) in [5, 5.41) is 6.92. The number of nitrogens with zero attached hydrogens (tertiary/aromatic N) is 5. The average molecular weight is 544 g/mol. The number of nitrogens with one attached hydrogen (secondary N) is 1. The van der Waals surface area contributed by atoms with E-state index in [2.05, 4.69) is 27.3 Å². The van der Waals surface area contributed by atoms with Crippen molar-refractivity contribution in [1.29, 1.82) is 0 Å². The first-order chi connectivity index (χ1) is 18.5. The third-order valence-electron chi connectivity index (χ3n) is 8.07. The molecule has 0 aromatic carbocycles. The van der Waals surface area contributed by atoms with E-state index in [1.54, 1.807) is 6.92 Å². The fourth-order valence-corrected chi connectivity index (χ4v) is 5.80. The smallest absolute Gasteiger partial charge is 0.382 e. The first-order valence-corrected chi connectivity index (χ1v) is 13.3. The second kappa shape index (κ2) is 10.5. The largest absolute Gasteiger partial charge is 0.418 e. The van der Waals surface area contributed by atoms with Gasteiger partial charge in [-0.25, -0.2) is 9.50 Å². The van der Waals surface area contributed by atoms with Crippen LogP contribution in [0.1, 0.15) is 60.6 Å². The number of fused-ring (bicyclic) bond motifs is 1. The maximum atomic E-state index is 13.7. The zero-order valence-corrected chi connectivity index (χ0v) is 22.0. The van der Waals surface area contributed by atoms with Gasteiger partial charge in [0.1, 0.15) is 11.8 Å². The first-order valence-electron chi connectivity index (χ1n) is 13.3. The standard InChI is InChI=1S/C27H32F3N7O2/c1-15-12-36(26(39)17-6-4-3-5-7-17)13-19(15)11-33-25(38)20-8-18(10-32-16(20)2)22-9-21(27(28,29)30)23-24(31)34-14-35-37(22)23/h8-10,14-15,17,19H,3-7,11-13H2,1-2H3,(H,33,38)(H2,31,34,35)/t15-,19?/m0/s1. The highest BCUT2D eigenvalue weighted by atomic mass is 19.4. The molecule has 2 amide bonds. The van der Waals surface area contributed by atoms with Gasteiger partial charge in [-0.15, -0.1) is 0 Å². The van der Waals surface area contributed by atoms with Crippen molar-refractivity contribution < 1.29 is 22.8 Å². The van der Waals surface area contributed by atoms with Gasteiger partial charge in [-0.2, -0.15) is 18.3 Å². The van der Waals surface area contributed by atoms with Gasteiger partial charge in [0, 0.05) is 37.3 Å². The minimum absolute atomic E-state index is 0.0919. The highest BCUT2D eigenvalue weighted by molar-refractivity contribution is 5.96. The van der Waals surface area contributed by atoms with Crippen LogP contribution >= 0.6 is 0 Å². The number of likely N-dealkylation sites (tertiary alicyclic amines) is 1. The lowest BCUT2D eigenvalue weighted by Crippen LogP contribution is -2.37. The molecule has 3 aromatic rings. The maximum Gasteiger partial charge on any atom is 0.418 e. The van der Waals surface area contributed by atoms with Crippen molar-refractivity contribution in [3.8, 4) is 11.3 Å². The molecule has 1 saturated heterocycles. The Balaban J connectivity index is 1.33. The number of carbonyl (C=O) groups is 2. The predicted octanol–water partition coefficient (Wildman–Crippen LogP) is 4.11. The Hall–Kier alpha value is -3.70. The SMILES string of the molecule is Cc1ncc(-c2cc(C(F)(F)F)c3c(N)ncnn23)cc1C(=O)NCC1CN(C(=O)C2CCCCC2)C[C@@H]1C. The molecule has 1 unspecified atom stereocenters. The fraction of sp³-hybridized carbons (Fsp3) is 0.519. The maximum absolute atomic E-state index is 13.7. The van der Waals surface area contributed by atoms with E-state index in [0.717, 1.165) is 42.6 Å². The molecule has 0 radical (unpaired) electrons. The third kappa shape index (κ3) is 5.28. The molecule has 1 saturated carbocycles. The molecule has 39 heavy (non-hydrogen) atoms. The van der Waals surface area contributed by atoms with Gasteiger partial charge in [-0.3, -0.25) is 14.6 Å². The summed E-state index contributed by atoms with van der Waals surface area (Å²) in [6, 6.07) is 2.45. The van der Waals surface area contributed by atoms with Gasteiger partial charge in [0.25, 0.3) is 5.91 Å². The first kappa shape index (κ1) is 26.9. The molecular formula is C27H32F3N7O2. The van der Waals surface area contributed by atoms with Crippen LogP contribution in [0.2, 0.25) is 0 Å². The van der Waals surface area contributed by atoms with Gasteiger partial charge in [-0.1, -0.05) is 26.2 Å². The van der Waals surface area contributed by atoms with Crippen LogP contribution in [0.4, 0.5) is 19.0 Å². The fourth-order valence-electron chi connectivity index (χ4n) is 5.80. The second-order valence-corrected chi connectivity index (χ2v) is 10.7. The lowest BCUT2D eigenvalue weighted by molar-refractivity contribution is -0.136. The van der Waals surface area contributed by atoms with Gasteiger partial charge < -0.3 is 16.0 Å². The molecule has 2 aliphatic rings. The van der Waals surface area contributed by atoms with Crippen molar-refractivity contribution in [3.05, 3.63) is 41.5 Å². The van der Waals surface area contributed by atoms with Crippen molar-refractivity contribution in [2.45, 2.75) is 52.1 Å². The van der Waals surface area contributed by atoms with E-state index in [9.17, 15) is 22.8 Å². The molecule has 1 aliphatic carbocycles. The van der Waals surface area contributed by atoms with Gasteiger partial charge in [0.2, 0.25) is 5.91 Å².